The number of anilines is 1. The lowest BCUT2D eigenvalue weighted by molar-refractivity contribution is 0.0950. The molecule has 4 nitrogen and oxygen atoms in total. The fourth-order valence-corrected chi connectivity index (χ4v) is 2.08. The number of rotatable bonds is 6. The predicted octanol–water partition coefficient (Wildman–Crippen LogP) is 2.10. The first-order valence-corrected chi connectivity index (χ1v) is 6.93. The van der Waals surface area contributed by atoms with Crippen molar-refractivity contribution in [2.24, 2.45) is 0 Å². The molecule has 0 aliphatic rings. The molecule has 0 aromatic heterocycles. The summed E-state index contributed by atoms with van der Waals surface area (Å²) in [5, 5.41) is 2.88. The van der Waals surface area contributed by atoms with Crippen LogP contribution < -0.4 is 11.1 Å². The van der Waals surface area contributed by atoms with Crippen molar-refractivity contribution in [1.82, 2.24) is 10.2 Å². The fourth-order valence-electron chi connectivity index (χ4n) is 1.70. The van der Waals surface area contributed by atoms with Gasteiger partial charge >= 0.3 is 0 Å². The van der Waals surface area contributed by atoms with Crippen LogP contribution in [-0.2, 0) is 0 Å². The number of nitrogens with one attached hydrogen (secondary N) is 1. The highest BCUT2D eigenvalue weighted by Crippen LogP contribution is 2.18. The number of nitrogen functional groups attached to an aromatic ring is 1. The molecule has 1 aromatic carbocycles. The number of hydrogen-bond donors (Lipinski definition) is 2. The van der Waals surface area contributed by atoms with E-state index in [-0.39, 0.29) is 5.91 Å². The van der Waals surface area contributed by atoms with E-state index in [0.29, 0.717) is 17.8 Å². The molecule has 0 heterocycles. The minimum absolute atomic E-state index is 0.118. The molecular formula is C13H20BrN3O. The highest BCUT2D eigenvalue weighted by Gasteiger charge is 2.09. The van der Waals surface area contributed by atoms with Crippen molar-refractivity contribution in [3.8, 4) is 0 Å². The van der Waals surface area contributed by atoms with E-state index in [0.717, 1.165) is 24.1 Å². The fraction of sp³-hybridized carbons (Fsp3) is 0.462. The summed E-state index contributed by atoms with van der Waals surface area (Å²) in [5.74, 6) is -0.118. The molecule has 0 spiro atoms. The molecule has 18 heavy (non-hydrogen) atoms. The maximum Gasteiger partial charge on any atom is 0.253 e. The molecule has 0 saturated heterocycles. The van der Waals surface area contributed by atoms with Crippen molar-refractivity contribution in [3.63, 3.8) is 0 Å². The lowest BCUT2D eigenvalue weighted by Crippen LogP contribution is -2.35. The van der Waals surface area contributed by atoms with Crippen molar-refractivity contribution in [2.75, 3.05) is 31.9 Å². The summed E-state index contributed by atoms with van der Waals surface area (Å²) in [6.45, 7) is 7.70. The average Bonchev–Trinajstić information content (AvgIpc) is 2.34. The van der Waals surface area contributed by atoms with E-state index in [4.69, 9.17) is 5.73 Å². The van der Waals surface area contributed by atoms with E-state index < -0.39 is 0 Å². The first kappa shape index (κ1) is 15.0. The van der Waals surface area contributed by atoms with Crippen LogP contribution in [-0.4, -0.2) is 37.0 Å². The lowest BCUT2D eigenvalue weighted by atomic mass is 10.1. The topological polar surface area (TPSA) is 58.4 Å². The summed E-state index contributed by atoms with van der Waals surface area (Å²) in [4.78, 5) is 14.2. The molecule has 0 radical (unpaired) electrons. The van der Waals surface area contributed by atoms with Gasteiger partial charge in [-0.3, -0.25) is 4.79 Å². The molecule has 1 amide bonds. The summed E-state index contributed by atoms with van der Waals surface area (Å²) in [7, 11) is 0. The monoisotopic (exact) mass is 313 g/mol. The molecule has 0 aliphatic carbocycles. The van der Waals surface area contributed by atoms with E-state index in [1.54, 1.807) is 12.1 Å². The second kappa shape index (κ2) is 7.38. The standard InChI is InChI=1S/C13H20BrN3O/c1-3-17(4-2)8-7-16-13(18)11-6-5-10(14)9-12(11)15/h5-6,9H,3-4,7-8,15H2,1-2H3,(H,16,18). The molecule has 0 fully saturated rings. The smallest absolute Gasteiger partial charge is 0.253 e. The summed E-state index contributed by atoms with van der Waals surface area (Å²) < 4.78 is 0.875. The Kier molecular flexibility index (Phi) is 6.15. The first-order chi connectivity index (χ1) is 8.58. The number of amides is 1. The third-order valence-corrected chi connectivity index (χ3v) is 3.36. The van der Waals surface area contributed by atoms with Gasteiger partial charge in [0.25, 0.3) is 5.91 Å². The van der Waals surface area contributed by atoms with Crippen LogP contribution in [0.5, 0.6) is 0 Å². The Balaban J connectivity index is 2.50. The van der Waals surface area contributed by atoms with Gasteiger partial charge in [-0.25, -0.2) is 0 Å². The second-order valence-corrected chi connectivity index (χ2v) is 4.93. The zero-order valence-corrected chi connectivity index (χ0v) is 12.5. The molecule has 5 heteroatoms. The molecule has 0 aliphatic heterocycles. The van der Waals surface area contributed by atoms with Crippen LogP contribution in [0.25, 0.3) is 0 Å². The highest BCUT2D eigenvalue weighted by atomic mass is 79.9. The highest BCUT2D eigenvalue weighted by molar-refractivity contribution is 9.10. The van der Waals surface area contributed by atoms with Gasteiger partial charge in [0.1, 0.15) is 0 Å². The molecule has 1 aromatic rings. The van der Waals surface area contributed by atoms with Crippen molar-refractivity contribution >= 4 is 27.5 Å². The zero-order chi connectivity index (χ0) is 13.5. The molecule has 0 bridgehead atoms. The van der Waals surface area contributed by atoms with E-state index in [2.05, 4.69) is 40.0 Å². The lowest BCUT2D eigenvalue weighted by Gasteiger charge is -2.18. The third kappa shape index (κ3) is 4.31. The van der Waals surface area contributed by atoms with Crippen LogP contribution in [0.3, 0.4) is 0 Å². The number of halogens is 1. The maximum absolute atomic E-state index is 11.9. The number of carbonyl (C=O) groups is 1. The van der Waals surface area contributed by atoms with Crippen LogP contribution in [0.4, 0.5) is 5.69 Å². The summed E-state index contributed by atoms with van der Waals surface area (Å²) >= 11 is 3.32. The Bertz CT molecular complexity index is 405. The molecule has 0 atom stereocenters. The normalized spacial score (nSPS) is 10.7. The van der Waals surface area contributed by atoms with Gasteiger partial charge in [0, 0.05) is 23.2 Å². The van der Waals surface area contributed by atoms with Crippen LogP contribution in [0.15, 0.2) is 22.7 Å². The van der Waals surface area contributed by atoms with E-state index in [1.165, 1.54) is 0 Å². The van der Waals surface area contributed by atoms with E-state index in [9.17, 15) is 4.79 Å². The minimum atomic E-state index is -0.118. The van der Waals surface area contributed by atoms with Crippen molar-refractivity contribution < 1.29 is 4.79 Å². The van der Waals surface area contributed by atoms with Gasteiger partial charge in [0.15, 0.2) is 0 Å². The van der Waals surface area contributed by atoms with Crippen LogP contribution in [0.2, 0.25) is 0 Å². The van der Waals surface area contributed by atoms with Crippen LogP contribution >= 0.6 is 15.9 Å². The molecule has 0 unspecified atom stereocenters. The predicted molar refractivity (Wildman–Crippen MR) is 78.7 cm³/mol. The summed E-state index contributed by atoms with van der Waals surface area (Å²) in [5.41, 5.74) is 6.82. The third-order valence-electron chi connectivity index (χ3n) is 2.87. The Morgan fingerprint density at radius 3 is 2.61 bits per heavy atom. The number of nitrogens with two attached hydrogens (primary N) is 1. The van der Waals surface area contributed by atoms with Gasteiger partial charge < -0.3 is 16.0 Å². The number of likely N-dealkylation sites (N-methyl/N-ethyl adjacent to an activating group) is 1. The first-order valence-electron chi connectivity index (χ1n) is 6.14. The Morgan fingerprint density at radius 2 is 2.06 bits per heavy atom. The number of nitrogens with zero attached hydrogens (tertiary/aromatic N) is 1. The van der Waals surface area contributed by atoms with Crippen LogP contribution in [0, 0.1) is 0 Å². The second-order valence-electron chi connectivity index (χ2n) is 4.01. The van der Waals surface area contributed by atoms with Gasteiger partial charge in [-0.15, -0.1) is 0 Å². The number of hydrogen-bond acceptors (Lipinski definition) is 3. The van der Waals surface area contributed by atoms with Gasteiger partial charge in [-0.05, 0) is 31.3 Å². The minimum Gasteiger partial charge on any atom is -0.398 e. The Hall–Kier alpha value is -1.07. The number of carbonyl (C=O) groups excluding carboxylic acids is 1. The van der Waals surface area contributed by atoms with Crippen molar-refractivity contribution in [1.29, 1.82) is 0 Å². The molecule has 3 N–H and O–H groups in total. The van der Waals surface area contributed by atoms with Crippen molar-refractivity contribution in [2.45, 2.75) is 13.8 Å². The maximum atomic E-state index is 11.9. The Morgan fingerprint density at radius 1 is 1.39 bits per heavy atom. The zero-order valence-electron chi connectivity index (χ0n) is 10.9. The summed E-state index contributed by atoms with van der Waals surface area (Å²) in [6.07, 6.45) is 0. The summed E-state index contributed by atoms with van der Waals surface area (Å²) in [6, 6.07) is 5.28. The number of benzene rings is 1. The largest absolute Gasteiger partial charge is 0.398 e. The SMILES string of the molecule is CCN(CC)CCNC(=O)c1ccc(Br)cc1N. The van der Waals surface area contributed by atoms with Gasteiger partial charge in [0.2, 0.25) is 0 Å². The molecule has 100 valence electrons. The van der Waals surface area contributed by atoms with Crippen LogP contribution in [0.1, 0.15) is 24.2 Å². The quantitative estimate of drug-likeness (QED) is 0.791. The molecular weight excluding hydrogens is 294 g/mol. The van der Waals surface area contributed by atoms with Gasteiger partial charge in [0.05, 0.1) is 5.56 Å². The molecule has 1 rings (SSSR count). The van der Waals surface area contributed by atoms with E-state index >= 15 is 0 Å². The van der Waals surface area contributed by atoms with Crippen molar-refractivity contribution in [3.05, 3.63) is 28.2 Å². The van der Waals surface area contributed by atoms with Gasteiger partial charge in [-0.2, -0.15) is 0 Å². The van der Waals surface area contributed by atoms with E-state index in [1.807, 2.05) is 6.07 Å². The van der Waals surface area contributed by atoms with Gasteiger partial charge in [-0.1, -0.05) is 29.8 Å². The Labute approximate surface area is 117 Å². The average molecular weight is 314 g/mol. The molecule has 0 saturated carbocycles.